The fourth-order valence-corrected chi connectivity index (χ4v) is 6.74. The number of aryl methyl sites for hydroxylation is 1. The second-order valence-electron chi connectivity index (χ2n) is 12.5. The standard InChI is InChI=1S/C30H39FN6O5/c1-18-14-20(7-8-21(18)31)15-32-24(39)22-23(38)26(41)37-17-29(16-36-13-5-6-19(36)2)9-11-30(12-10-29,28(37)33-22)34-25(40)27(42)35(3)4/h7-8,14,19,38H,5-6,9-13,15-17H2,1-4H3,(H,32,39)(H,34,40). The maximum atomic E-state index is 13.7. The maximum Gasteiger partial charge on any atom is 0.311 e. The summed E-state index contributed by atoms with van der Waals surface area (Å²) in [5.41, 5.74) is -1.63. The Balaban J connectivity index is 1.53. The molecule has 2 fully saturated rings. The van der Waals surface area contributed by atoms with Gasteiger partial charge in [-0.3, -0.25) is 23.7 Å². The number of fused-ring (bicyclic) bond motifs is 2. The molecular weight excluding hydrogens is 543 g/mol. The van der Waals surface area contributed by atoms with Crippen molar-refractivity contribution >= 4 is 17.7 Å². The Bertz CT molecular complexity index is 1480. The van der Waals surface area contributed by atoms with Crippen LogP contribution in [0.15, 0.2) is 23.0 Å². The van der Waals surface area contributed by atoms with Gasteiger partial charge in [0.15, 0.2) is 5.69 Å². The summed E-state index contributed by atoms with van der Waals surface area (Å²) in [5, 5.41) is 16.5. The van der Waals surface area contributed by atoms with E-state index in [-0.39, 0.29) is 30.1 Å². The summed E-state index contributed by atoms with van der Waals surface area (Å²) in [7, 11) is 2.96. The minimum Gasteiger partial charge on any atom is -0.501 e. The SMILES string of the molecule is Cc1cc(CNC(=O)c2nc3n(c(=O)c2O)CC2(CN4CCCC4C)CCC3(NC(=O)C(=O)N(C)C)CC2)ccc1F. The Morgan fingerprint density at radius 3 is 2.52 bits per heavy atom. The van der Waals surface area contributed by atoms with Gasteiger partial charge in [0.1, 0.15) is 11.6 Å². The van der Waals surface area contributed by atoms with Crippen LogP contribution in [0.25, 0.3) is 0 Å². The van der Waals surface area contributed by atoms with E-state index in [0.29, 0.717) is 42.9 Å². The Kier molecular flexibility index (Phi) is 7.86. The minimum atomic E-state index is -1.17. The molecule has 0 spiro atoms. The lowest BCUT2D eigenvalue weighted by Gasteiger charge is -2.44. The van der Waals surface area contributed by atoms with E-state index >= 15 is 0 Å². The van der Waals surface area contributed by atoms with E-state index in [0.717, 1.165) is 25.9 Å². The molecule has 1 atom stereocenters. The summed E-state index contributed by atoms with van der Waals surface area (Å²) < 4.78 is 15.1. The van der Waals surface area contributed by atoms with Crippen LogP contribution in [0.5, 0.6) is 5.75 Å². The molecule has 1 saturated heterocycles. The molecule has 2 bridgehead atoms. The summed E-state index contributed by atoms with van der Waals surface area (Å²) in [6.45, 7) is 5.85. The Morgan fingerprint density at radius 1 is 1.19 bits per heavy atom. The number of amides is 3. The number of likely N-dealkylation sites (tertiary alicyclic amines) is 1. The molecule has 226 valence electrons. The molecule has 12 heteroatoms. The molecule has 1 saturated carbocycles. The summed E-state index contributed by atoms with van der Waals surface area (Å²) in [6.07, 6.45) is 4.41. The highest BCUT2D eigenvalue weighted by molar-refractivity contribution is 6.35. The normalized spacial score (nSPS) is 25.0. The molecule has 11 nitrogen and oxygen atoms in total. The fourth-order valence-electron chi connectivity index (χ4n) is 6.74. The van der Waals surface area contributed by atoms with Gasteiger partial charge >= 0.3 is 11.8 Å². The third-order valence-electron chi connectivity index (χ3n) is 9.30. The highest BCUT2D eigenvalue weighted by atomic mass is 19.1. The van der Waals surface area contributed by atoms with Crippen molar-refractivity contribution in [2.24, 2.45) is 5.41 Å². The van der Waals surface area contributed by atoms with Gasteiger partial charge in [0.25, 0.3) is 11.5 Å². The van der Waals surface area contributed by atoms with Crippen molar-refractivity contribution in [2.45, 2.75) is 77.0 Å². The first-order valence-electron chi connectivity index (χ1n) is 14.5. The lowest BCUT2D eigenvalue weighted by atomic mass is 9.68. The van der Waals surface area contributed by atoms with E-state index in [9.17, 15) is 28.7 Å². The average molecular weight is 583 g/mol. The Labute approximate surface area is 244 Å². The number of benzene rings is 1. The second-order valence-corrected chi connectivity index (χ2v) is 12.5. The van der Waals surface area contributed by atoms with E-state index < -0.39 is 40.3 Å². The molecule has 4 aliphatic rings. The van der Waals surface area contributed by atoms with E-state index in [1.54, 1.807) is 13.0 Å². The smallest absolute Gasteiger partial charge is 0.311 e. The number of aromatic hydroxyl groups is 1. The summed E-state index contributed by atoms with van der Waals surface area (Å²) >= 11 is 0. The highest BCUT2D eigenvalue weighted by Crippen LogP contribution is 2.50. The predicted octanol–water partition coefficient (Wildman–Crippen LogP) is 1.78. The first-order valence-corrected chi connectivity index (χ1v) is 14.5. The van der Waals surface area contributed by atoms with Crippen LogP contribution in [-0.4, -0.2) is 75.4 Å². The van der Waals surface area contributed by atoms with E-state index in [1.807, 2.05) is 0 Å². The number of nitrogens with one attached hydrogen (secondary N) is 2. The number of rotatable bonds is 6. The van der Waals surface area contributed by atoms with E-state index in [1.165, 1.54) is 35.7 Å². The molecule has 0 radical (unpaired) electrons. The molecule has 1 aliphatic carbocycles. The molecule has 42 heavy (non-hydrogen) atoms. The fraction of sp³-hybridized carbons (Fsp3) is 0.567. The van der Waals surface area contributed by atoms with Gasteiger partial charge in [0.2, 0.25) is 5.75 Å². The van der Waals surface area contributed by atoms with Crippen molar-refractivity contribution in [3.8, 4) is 5.75 Å². The summed E-state index contributed by atoms with van der Waals surface area (Å²) in [4.78, 5) is 60.8. The van der Waals surface area contributed by atoms with Crippen molar-refractivity contribution < 1.29 is 23.9 Å². The topological polar surface area (TPSA) is 137 Å². The highest BCUT2D eigenvalue weighted by Gasteiger charge is 2.52. The quantitative estimate of drug-likeness (QED) is 0.442. The number of carbonyl (C=O) groups excluding carboxylic acids is 3. The number of aromatic nitrogens is 2. The Morgan fingerprint density at radius 2 is 1.90 bits per heavy atom. The number of hydrogen-bond donors (Lipinski definition) is 3. The molecule has 3 N–H and O–H groups in total. The molecule has 1 aromatic heterocycles. The van der Waals surface area contributed by atoms with Crippen LogP contribution in [0.3, 0.4) is 0 Å². The van der Waals surface area contributed by atoms with Gasteiger partial charge in [-0.2, -0.15) is 0 Å². The molecule has 1 unspecified atom stereocenters. The predicted molar refractivity (Wildman–Crippen MR) is 152 cm³/mol. The van der Waals surface area contributed by atoms with Crippen molar-refractivity contribution in [2.75, 3.05) is 27.2 Å². The Hall–Kier alpha value is -3.80. The van der Waals surface area contributed by atoms with Crippen molar-refractivity contribution in [3.63, 3.8) is 0 Å². The molecule has 3 aliphatic heterocycles. The van der Waals surface area contributed by atoms with Gasteiger partial charge in [-0.05, 0) is 76.1 Å². The molecule has 1 aromatic carbocycles. The molecule has 2 aromatic rings. The van der Waals surface area contributed by atoms with Crippen molar-refractivity contribution in [3.05, 3.63) is 57.0 Å². The van der Waals surface area contributed by atoms with Crippen LogP contribution >= 0.6 is 0 Å². The van der Waals surface area contributed by atoms with Crippen LogP contribution in [0.1, 0.15) is 72.9 Å². The third kappa shape index (κ3) is 5.39. The zero-order chi connectivity index (χ0) is 30.4. The van der Waals surface area contributed by atoms with Gasteiger partial charge in [-0.15, -0.1) is 0 Å². The maximum absolute atomic E-state index is 13.7. The van der Waals surface area contributed by atoms with Crippen molar-refractivity contribution in [1.29, 1.82) is 0 Å². The second kappa shape index (κ2) is 11.1. The average Bonchev–Trinajstić information content (AvgIpc) is 3.24. The van der Waals surface area contributed by atoms with E-state index in [2.05, 4.69) is 27.4 Å². The summed E-state index contributed by atoms with van der Waals surface area (Å²) in [5.74, 6) is -3.31. The van der Waals surface area contributed by atoms with Gasteiger partial charge in [-0.25, -0.2) is 9.37 Å². The number of likely N-dealkylation sites (N-methyl/N-ethyl adjacent to an activating group) is 1. The van der Waals surface area contributed by atoms with E-state index in [4.69, 9.17) is 0 Å². The molecule has 6 rings (SSSR count). The minimum absolute atomic E-state index is 0.0236. The molecular formula is C30H39FN6O5. The number of halogens is 1. The van der Waals surface area contributed by atoms with Gasteiger partial charge < -0.3 is 25.5 Å². The van der Waals surface area contributed by atoms with Gasteiger partial charge in [0.05, 0.1) is 5.54 Å². The van der Waals surface area contributed by atoms with Crippen LogP contribution in [0.2, 0.25) is 0 Å². The van der Waals surface area contributed by atoms with Gasteiger partial charge in [-0.1, -0.05) is 12.1 Å². The van der Waals surface area contributed by atoms with Crippen LogP contribution < -0.4 is 16.2 Å². The third-order valence-corrected chi connectivity index (χ3v) is 9.30. The largest absolute Gasteiger partial charge is 0.501 e. The number of hydrogen-bond acceptors (Lipinski definition) is 7. The molecule has 3 amide bonds. The van der Waals surface area contributed by atoms with Crippen LogP contribution in [-0.2, 0) is 28.2 Å². The monoisotopic (exact) mass is 582 g/mol. The molecule has 4 heterocycles. The van der Waals surface area contributed by atoms with Gasteiger partial charge in [0, 0.05) is 45.2 Å². The lowest BCUT2D eigenvalue weighted by molar-refractivity contribution is -0.145. The zero-order valence-corrected chi connectivity index (χ0v) is 24.6. The number of carbonyl (C=O) groups is 3. The number of nitrogens with zero attached hydrogens (tertiary/aromatic N) is 4. The lowest BCUT2D eigenvalue weighted by Crippen LogP contribution is -2.54. The zero-order valence-electron chi connectivity index (χ0n) is 24.6. The van der Waals surface area contributed by atoms with Crippen molar-refractivity contribution in [1.82, 2.24) is 30.0 Å². The van der Waals surface area contributed by atoms with Crippen LogP contribution in [0, 0.1) is 18.2 Å². The summed E-state index contributed by atoms with van der Waals surface area (Å²) in [6, 6.07) is 4.86. The first-order chi connectivity index (χ1) is 19.8. The van der Waals surface area contributed by atoms with Crippen LogP contribution in [0.4, 0.5) is 4.39 Å². The first kappa shape index (κ1) is 29.7.